The average Bonchev–Trinajstić information content (AvgIpc) is 3.24. The Morgan fingerprint density at radius 1 is 1.30 bits per heavy atom. The lowest BCUT2D eigenvalue weighted by Crippen LogP contribution is -2.37. The molecule has 0 amide bonds. The quantitative estimate of drug-likeness (QED) is 0.334. The molecule has 0 radical (unpaired) electrons. The first-order valence-electron chi connectivity index (χ1n) is 12.3. The zero-order valence-electron chi connectivity index (χ0n) is 19.2. The Kier molecular flexibility index (Phi) is 9.39. The third kappa shape index (κ3) is 7.16. The molecule has 2 aliphatic carbocycles. The van der Waals surface area contributed by atoms with E-state index in [2.05, 4.69) is 35.4 Å². The summed E-state index contributed by atoms with van der Waals surface area (Å²) in [6.07, 6.45) is 13.4. The summed E-state index contributed by atoms with van der Waals surface area (Å²) in [5, 5.41) is 24.7. The van der Waals surface area contributed by atoms with Crippen molar-refractivity contribution >= 4 is 0 Å². The van der Waals surface area contributed by atoms with Crippen molar-refractivity contribution in [1.82, 2.24) is 10.2 Å². The zero-order valence-corrected chi connectivity index (χ0v) is 19.2. The Bertz CT molecular complexity index is 569. The minimum Gasteiger partial charge on any atom is -0.392 e. The van der Waals surface area contributed by atoms with Crippen LogP contribution in [0.5, 0.6) is 0 Å². The van der Waals surface area contributed by atoms with Crippen molar-refractivity contribution < 1.29 is 14.9 Å². The molecule has 3 N–H and O–H groups in total. The maximum Gasteiger partial charge on any atom is 0.0654 e. The topological polar surface area (TPSA) is 65.0 Å². The maximum atomic E-state index is 10.5. The van der Waals surface area contributed by atoms with Crippen molar-refractivity contribution in [1.29, 1.82) is 0 Å². The Morgan fingerprint density at radius 3 is 2.87 bits per heavy atom. The van der Waals surface area contributed by atoms with Gasteiger partial charge in [0.15, 0.2) is 0 Å². The van der Waals surface area contributed by atoms with Crippen LogP contribution < -0.4 is 5.32 Å². The molecular weight excluding hydrogens is 376 g/mol. The molecule has 172 valence electrons. The van der Waals surface area contributed by atoms with Gasteiger partial charge in [-0.3, -0.25) is 4.90 Å². The molecular formula is C25H44N2O3. The van der Waals surface area contributed by atoms with Crippen LogP contribution in [0.1, 0.15) is 58.8 Å². The summed E-state index contributed by atoms with van der Waals surface area (Å²) in [6.45, 7) is 11.2. The molecule has 0 aromatic carbocycles. The highest BCUT2D eigenvalue weighted by molar-refractivity contribution is 5.21. The summed E-state index contributed by atoms with van der Waals surface area (Å²) in [5.41, 5.74) is 0.885. The molecule has 30 heavy (non-hydrogen) atoms. The number of allylic oxidation sites excluding steroid dienone is 1. The number of hydrogen-bond donors (Lipinski definition) is 3. The van der Waals surface area contributed by atoms with Crippen molar-refractivity contribution in [2.24, 2.45) is 17.8 Å². The van der Waals surface area contributed by atoms with Gasteiger partial charge in [-0.1, -0.05) is 43.6 Å². The lowest BCUT2D eigenvalue weighted by molar-refractivity contribution is 0.0375. The lowest BCUT2D eigenvalue weighted by Gasteiger charge is -2.26. The van der Waals surface area contributed by atoms with Gasteiger partial charge in [0.1, 0.15) is 0 Å². The van der Waals surface area contributed by atoms with E-state index < -0.39 is 5.60 Å². The number of rotatable bonds is 12. The van der Waals surface area contributed by atoms with E-state index in [0.717, 1.165) is 78.0 Å². The number of hydrogen-bond acceptors (Lipinski definition) is 5. The van der Waals surface area contributed by atoms with Crippen LogP contribution in [0, 0.1) is 17.8 Å². The molecule has 2 fully saturated rings. The van der Waals surface area contributed by atoms with Crippen LogP contribution in [-0.4, -0.2) is 72.8 Å². The molecule has 1 saturated heterocycles. The first-order valence-corrected chi connectivity index (χ1v) is 12.3. The number of fused-ring (bicyclic) bond motifs is 1. The molecule has 5 nitrogen and oxygen atoms in total. The van der Waals surface area contributed by atoms with Crippen LogP contribution >= 0.6 is 0 Å². The molecule has 1 heterocycles. The van der Waals surface area contributed by atoms with Gasteiger partial charge >= 0.3 is 0 Å². The van der Waals surface area contributed by atoms with E-state index in [4.69, 9.17) is 4.74 Å². The number of ether oxygens (including phenoxy) is 1. The van der Waals surface area contributed by atoms with Gasteiger partial charge in [-0.25, -0.2) is 0 Å². The molecule has 3 aliphatic rings. The number of unbranched alkanes of at least 4 members (excludes halogenated alkanes) is 1. The van der Waals surface area contributed by atoms with Crippen molar-refractivity contribution in [3.63, 3.8) is 0 Å². The standard InChI is InChI=1S/C25H44N2O3/c1-3-4-8-25(2,29)9-5-7-22-23-17-20(16-21(23)18-24(22)28)19-26-10-6-11-27-12-14-30-15-13-27/h5,7,16,21-24,26,28-29H,3-4,6,8-15,17-19H2,1-2H3/b7-5+/t21-,22+,23-,24+,25-/m0/s1. The van der Waals surface area contributed by atoms with Crippen molar-refractivity contribution in [2.45, 2.75) is 70.5 Å². The van der Waals surface area contributed by atoms with Gasteiger partial charge in [0.2, 0.25) is 0 Å². The van der Waals surface area contributed by atoms with Gasteiger partial charge in [-0.2, -0.15) is 0 Å². The summed E-state index contributed by atoms with van der Waals surface area (Å²) in [4.78, 5) is 2.49. The van der Waals surface area contributed by atoms with Gasteiger partial charge in [0.05, 0.1) is 24.9 Å². The summed E-state index contributed by atoms with van der Waals surface area (Å²) in [5.74, 6) is 1.27. The highest BCUT2D eigenvalue weighted by Crippen LogP contribution is 2.47. The lowest BCUT2D eigenvalue weighted by atomic mass is 9.88. The fourth-order valence-corrected chi connectivity index (χ4v) is 5.38. The van der Waals surface area contributed by atoms with E-state index in [1.807, 2.05) is 6.92 Å². The Morgan fingerprint density at radius 2 is 2.10 bits per heavy atom. The second-order valence-electron chi connectivity index (χ2n) is 9.95. The van der Waals surface area contributed by atoms with Crippen LogP contribution in [0.2, 0.25) is 0 Å². The third-order valence-corrected chi connectivity index (χ3v) is 7.22. The van der Waals surface area contributed by atoms with E-state index in [1.54, 1.807) is 0 Å². The first-order chi connectivity index (χ1) is 14.5. The molecule has 5 atom stereocenters. The van der Waals surface area contributed by atoms with E-state index in [9.17, 15) is 10.2 Å². The predicted octanol–water partition coefficient (Wildman–Crippen LogP) is 3.13. The summed E-state index contributed by atoms with van der Waals surface area (Å²) < 4.78 is 5.40. The second kappa shape index (κ2) is 11.8. The zero-order chi connectivity index (χ0) is 21.4. The Labute approximate surface area is 183 Å². The largest absolute Gasteiger partial charge is 0.392 e. The molecule has 0 bridgehead atoms. The van der Waals surface area contributed by atoms with Crippen molar-refractivity contribution in [2.75, 3.05) is 45.9 Å². The number of aliphatic hydroxyl groups excluding tert-OH is 1. The minimum absolute atomic E-state index is 0.229. The van der Waals surface area contributed by atoms with Crippen LogP contribution in [0.4, 0.5) is 0 Å². The monoisotopic (exact) mass is 420 g/mol. The van der Waals surface area contributed by atoms with Gasteiger partial charge in [-0.05, 0) is 64.0 Å². The van der Waals surface area contributed by atoms with Gasteiger partial charge < -0.3 is 20.3 Å². The molecule has 1 saturated carbocycles. The molecule has 0 unspecified atom stereocenters. The molecule has 0 aromatic heterocycles. The summed E-state index contributed by atoms with van der Waals surface area (Å²) in [6, 6.07) is 0. The van der Waals surface area contributed by atoms with Crippen molar-refractivity contribution in [3.8, 4) is 0 Å². The summed E-state index contributed by atoms with van der Waals surface area (Å²) in [7, 11) is 0. The molecule has 3 rings (SSSR count). The number of aliphatic hydroxyl groups is 2. The highest BCUT2D eigenvalue weighted by Gasteiger charge is 2.43. The van der Waals surface area contributed by atoms with E-state index in [-0.39, 0.29) is 12.0 Å². The van der Waals surface area contributed by atoms with Gasteiger partial charge in [0.25, 0.3) is 0 Å². The average molecular weight is 421 g/mol. The number of morpholine rings is 1. The minimum atomic E-state index is -0.625. The SMILES string of the molecule is CCCC[C@](C)(O)C/C=C/[C@@H]1[C@H]2CC(CNCCCN3CCOCC3)=C[C@H]2C[C@H]1O. The first kappa shape index (κ1) is 23.9. The van der Waals surface area contributed by atoms with E-state index in [0.29, 0.717) is 18.3 Å². The Balaban J connectivity index is 1.36. The number of nitrogens with zero attached hydrogens (tertiary/aromatic N) is 1. The fourth-order valence-electron chi connectivity index (χ4n) is 5.38. The molecule has 1 aliphatic heterocycles. The smallest absolute Gasteiger partial charge is 0.0654 e. The van der Waals surface area contributed by atoms with Gasteiger partial charge in [-0.15, -0.1) is 0 Å². The van der Waals surface area contributed by atoms with Crippen molar-refractivity contribution in [3.05, 3.63) is 23.8 Å². The van der Waals surface area contributed by atoms with Crippen LogP contribution in [-0.2, 0) is 4.74 Å². The number of nitrogens with one attached hydrogen (secondary N) is 1. The van der Waals surface area contributed by atoms with Crippen LogP contribution in [0.15, 0.2) is 23.8 Å². The summed E-state index contributed by atoms with van der Waals surface area (Å²) >= 11 is 0. The molecule has 0 spiro atoms. The molecule has 5 heteroatoms. The van der Waals surface area contributed by atoms with Crippen LogP contribution in [0.25, 0.3) is 0 Å². The second-order valence-corrected chi connectivity index (χ2v) is 9.95. The normalized spacial score (nSPS) is 31.8. The predicted molar refractivity (Wildman–Crippen MR) is 122 cm³/mol. The van der Waals surface area contributed by atoms with Crippen LogP contribution in [0.3, 0.4) is 0 Å². The highest BCUT2D eigenvalue weighted by atomic mass is 16.5. The van der Waals surface area contributed by atoms with Gasteiger partial charge in [0, 0.05) is 25.6 Å². The Hall–Kier alpha value is -0.720. The van der Waals surface area contributed by atoms with E-state index >= 15 is 0 Å². The van der Waals surface area contributed by atoms with E-state index in [1.165, 1.54) is 12.0 Å². The fraction of sp³-hybridized carbons (Fsp3) is 0.840. The third-order valence-electron chi connectivity index (χ3n) is 7.22. The molecule has 0 aromatic rings. The maximum absolute atomic E-state index is 10.5.